The lowest BCUT2D eigenvalue weighted by molar-refractivity contribution is 0.287. The van der Waals surface area contributed by atoms with Gasteiger partial charge in [-0.1, -0.05) is 20.8 Å². The van der Waals surface area contributed by atoms with Gasteiger partial charge in [0, 0.05) is 12.6 Å². The van der Waals surface area contributed by atoms with E-state index in [1.165, 1.54) is 38.9 Å². The lowest BCUT2D eigenvalue weighted by Gasteiger charge is -2.23. The van der Waals surface area contributed by atoms with Crippen LogP contribution in [0.2, 0.25) is 0 Å². The number of hydrogen-bond donors (Lipinski definition) is 1. The first kappa shape index (κ1) is 13.0. The van der Waals surface area contributed by atoms with Gasteiger partial charge in [0.05, 0.1) is 0 Å². The Morgan fingerprint density at radius 3 is 2.33 bits per heavy atom. The van der Waals surface area contributed by atoms with Crippen LogP contribution in [0.3, 0.4) is 0 Å². The highest BCUT2D eigenvalue weighted by Gasteiger charge is 2.15. The molecule has 1 fully saturated rings. The summed E-state index contributed by atoms with van der Waals surface area (Å²) < 4.78 is 0. The SMILES string of the molecule is CC(CN1CCCC1)NCCC(C)(C)C. The van der Waals surface area contributed by atoms with E-state index in [2.05, 4.69) is 37.9 Å². The molecular formula is C13H28N2. The summed E-state index contributed by atoms with van der Waals surface area (Å²) in [5.74, 6) is 0. The van der Waals surface area contributed by atoms with E-state index in [0.29, 0.717) is 11.5 Å². The van der Waals surface area contributed by atoms with Crippen molar-refractivity contribution in [3.8, 4) is 0 Å². The molecule has 0 aromatic heterocycles. The van der Waals surface area contributed by atoms with E-state index in [1.54, 1.807) is 0 Å². The predicted molar refractivity (Wildman–Crippen MR) is 67.2 cm³/mol. The normalized spacial score (nSPS) is 20.8. The van der Waals surface area contributed by atoms with Gasteiger partial charge in [-0.3, -0.25) is 0 Å². The van der Waals surface area contributed by atoms with Crippen molar-refractivity contribution in [3.05, 3.63) is 0 Å². The Hall–Kier alpha value is -0.0800. The molecule has 0 aromatic carbocycles. The third kappa shape index (κ3) is 6.16. The molecule has 1 N–H and O–H groups in total. The molecule has 0 aliphatic carbocycles. The maximum atomic E-state index is 3.62. The fraction of sp³-hybridized carbons (Fsp3) is 1.00. The van der Waals surface area contributed by atoms with Crippen LogP contribution in [0.5, 0.6) is 0 Å². The predicted octanol–water partition coefficient (Wildman–Crippen LogP) is 2.50. The molecule has 1 rings (SSSR count). The maximum Gasteiger partial charge on any atom is 0.0166 e. The molecule has 1 atom stereocenters. The Morgan fingerprint density at radius 2 is 1.80 bits per heavy atom. The first-order valence-electron chi connectivity index (χ1n) is 6.43. The van der Waals surface area contributed by atoms with Crippen LogP contribution in [0.25, 0.3) is 0 Å². The zero-order valence-corrected chi connectivity index (χ0v) is 11.0. The van der Waals surface area contributed by atoms with Crippen LogP contribution < -0.4 is 5.32 Å². The van der Waals surface area contributed by atoms with E-state index in [4.69, 9.17) is 0 Å². The molecule has 1 unspecified atom stereocenters. The smallest absolute Gasteiger partial charge is 0.0166 e. The zero-order chi connectivity index (χ0) is 11.3. The molecule has 0 radical (unpaired) electrons. The van der Waals surface area contributed by atoms with Crippen LogP contribution in [0.15, 0.2) is 0 Å². The highest BCUT2D eigenvalue weighted by Crippen LogP contribution is 2.17. The second-order valence-electron chi connectivity index (χ2n) is 6.17. The second kappa shape index (κ2) is 5.86. The van der Waals surface area contributed by atoms with Gasteiger partial charge in [0.1, 0.15) is 0 Å². The van der Waals surface area contributed by atoms with Gasteiger partial charge in [-0.15, -0.1) is 0 Å². The second-order valence-corrected chi connectivity index (χ2v) is 6.17. The summed E-state index contributed by atoms with van der Waals surface area (Å²) in [6, 6.07) is 0.644. The Kier molecular flexibility index (Phi) is 5.07. The molecule has 1 saturated heterocycles. The van der Waals surface area contributed by atoms with Crippen molar-refractivity contribution in [1.29, 1.82) is 0 Å². The third-order valence-electron chi connectivity index (χ3n) is 3.10. The van der Waals surface area contributed by atoms with Gasteiger partial charge in [0.25, 0.3) is 0 Å². The molecule has 1 aliphatic rings. The molecule has 0 bridgehead atoms. The standard InChI is InChI=1S/C13H28N2/c1-12(11-15-9-5-6-10-15)14-8-7-13(2,3)4/h12,14H,5-11H2,1-4H3. The molecule has 90 valence electrons. The van der Waals surface area contributed by atoms with Crippen LogP contribution in [-0.4, -0.2) is 37.1 Å². The monoisotopic (exact) mass is 212 g/mol. The molecule has 0 saturated carbocycles. The van der Waals surface area contributed by atoms with Crippen LogP contribution in [-0.2, 0) is 0 Å². The largest absolute Gasteiger partial charge is 0.313 e. The molecule has 0 aromatic rings. The van der Waals surface area contributed by atoms with Gasteiger partial charge in [-0.2, -0.15) is 0 Å². The van der Waals surface area contributed by atoms with Crippen molar-refractivity contribution in [2.45, 2.75) is 53.0 Å². The number of nitrogens with zero attached hydrogens (tertiary/aromatic N) is 1. The van der Waals surface area contributed by atoms with Gasteiger partial charge < -0.3 is 10.2 Å². The van der Waals surface area contributed by atoms with E-state index in [1.807, 2.05) is 0 Å². The van der Waals surface area contributed by atoms with Crippen molar-refractivity contribution < 1.29 is 0 Å². The molecule has 0 spiro atoms. The first-order chi connectivity index (χ1) is 6.97. The Bertz CT molecular complexity index is 166. The maximum absolute atomic E-state index is 3.62. The number of rotatable bonds is 5. The summed E-state index contributed by atoms with van der Waals surface area (Å²) in [6.07, 6.45) is 4.06. The third-order valence-corrected chi connectivity index (χ3v) is 3.10. The zero-order valence-electron chi connectivity index (χ0n) is 11.0. The van der Waals surface area contributed by atoms with Gasteiger partial charge in [0.15, 0.2) is 0 Å². The summed E-state index contributed by atoms with van der Waals surface area (Å²) in [4.78, 5) is 2.58. The minimum Gasteiger partial charge on any atom is -0.313 e. The van der Waals surface area contributed by atoms with Crippen LogP contribution >= 0.6 is 0 Å². The number of likely N-dealkylation sites (tertiary alicyclic amines) is 1. The van der Waals surface area contributed by atoms with E-state index in [9.17, 15) is 0 Å². The summed E-state index contributed by atoms with van der Waals surface area (Å²) in [7, 11) is 0. The molecule has 0 amide bonds. The summed E-state index contributed by atoms with van der Waals surface area (Å²) in [5, 5.41) is 3.62. The lowest BCUT2D eigenvalue weighted by Crippen LogP contribution is -2.39. The van der Waals surface area contributed by atoms with Gasteiger partial charge in [-0.05, 0) is 51.2 Å². The number of hydrogen-bond acceptors (Lipinski definition) is 2. The van der Waals surface area contributed by atoms with Crippen LogP contribution in [0, 0.1) is 5.41 Å². The van der Waals surface area contributed by atoms with E-state index < -0.39 is 0 Å². The van der Waals surface area contributed by atoms with Gasteiger partial charge >= 0.3 is 0 Å². The van der Waals surface area contributed by atoms with Gasteiger partial charge in [0.2, 0.25) is 0 Å². The molecule has 15 heavy (non-hydrogen) atoms. The Balaban J connectivity index is 2.05. The Morgan fingerprint density at radius 1 is 1.20 bits per heavy atom. The summed E-state index contributed by atoms with van der Waals surface area (Å²) in [6.45, 7) is 14.2. The minimum absolute atomic E-state index is 0.459. The molecular weight excluding hydrogens is 184 g/mol. The van der Waals surface area contributed by atoms with Crippen LogP contribution in [0.1, 0.15) is 47.0 Å². The lowest BCUT2D eigenvalue weighted by atomic mass is 9.92. The fourth-order valence-corrected chi connectivity index (χ4v) is 2.11. The number of nitrogens with one attached hydrogen (secondary N) is 1. The first-order valence-corrected chi connectivity index (χ1v) is 6.43. The average molecular weight is 212 g/mol. The summed E-state index contributed by atoms with van der Waals surface area (Å²) >= 11 is 0. The quantitative estimate of drug-likeness (QED) is 0.753. The van der Waals surface area contributed by atoms with Crippen molar-refractivity contribution in [3.63, 3.8) is 0 Å². The van der Waals surface area contributed by atoms with Gasteiger partial charge in [-0.25, -0.2) is 0 Å². The van der Waals surface area contributed by atoms with E-state index >= 15 is 0 Å². The Labute approximate surface area is 95.4 Å². The van der Waals surface area contributed by atoms with Crippen molar-refractivity contribution in [2.24, 2.45) is 5.41 Å². The van der Waals surface area contributed by atoms with Crippen molar-refractivity contribution in [2.75, 3.05) is 26.2 Å². The molecule has 1 heterocycles. The highest BCUT2D eigenvalue weighted by atomic mass is 15.2. The molecule has 1 aliphatic heterocycles. The topological polar surface area (TPSA) is 15.3 Å². The average Bonchev–Trinajstić information content (AvgIpc) is 2.54. The van der Waals surface area contributed by atoms with E-state index in [-0.39, 0.29) is 0 Å². The highest BCUT2D eigenvalue weighted by molar-refractivity contribution is 4.73. The molecule has 2 nitrogen and oxygen atoms in total. The minimum atomic E-state index is 0.459. The van der Waals surface area contributed by atoms with E-state index in [0.717, 1.165) is 6.54 Å². The van der Waals surface area contributed by atoms with Crippen molar-refractivity contribution in [1.82, 2.24) is 10.2 Å². The van der Waals surface area contributed by atoms with Crippen molar-refractivity contribution >= 4 is 0 Å². The summed E-state index contributed by atoms with van der Waals surface area (Å²) in [5.41, 5.74) is 0.459. The van der Waals surface area contributed by atoms with Crippen LogP contribution in [0.4, 0.5) is 0 Å². The molecule has 2 heteroatoms. The fourth-order valence-electron chi connectivity index (χ4n) is 2.11.